The summed E-state index contributed by atoms with van der Waals surface area (Å²) in [7, 11) is 0. The van der Waals surface area contributed by atoms with E-state index in [1.807, 2.05) is 18.3 Å². The molecule has 2 saturated carbocycles. The zero-order valence-corrected chi connectivity index (χ0v) is 21.6. The van der Waals surface area contributed by atoms with Gasteiger partial charge < -0.3 is 9.88 Å². The Kier molecular flexibility index (Phi) is 7.56. The number of aromatic nitrogens is 3. The van der Waals surface area contributed by atoms with E-state index in [1.54, 1.807) is 0 Å². The molecule has 6 heteroatoms. The van der Waals surface area contributed by atoms with Gasteiger partial charge in [-0.1, -0.05) is 56.7 Å². The maximum absolute atomic E-state index is 14.1. The lowest BCUT2D eigenvalue weighted by Crippen LogP contribution is -2.43. The highest BCUT2D eigenvalue weighted by atomic mass is 35.5. The second-order valence-corrected chi connectivity index (χ2v) is 10.4. The third-order valence-electron chi connectivity index (χ3n) is 8.05. The number of hydrogen-bond acceptors (Lipinski definition) is 3. The van der Waals surface area contributed by atoms with E-state index >= 15 is 0 Å². The number of benzene rings is 2. The lowest BCUT2D eigenvalue weighted by Gasteiger charge is -2.33. The number of carbonyl (C=O) groups is 1. The van der Waals surface area contributed by atoms with Crippen LogP contribution in [0.1, 0.15) is 70.3 Å². The third kappa shape index (κ3) is 4.86. The van der Waals surface area contributed by atoms with Crippen LogP contribution in [0, 0.1) is 5.92 Å². The molecule has 2 aromatic heterocycles. The van der Waals surface area contributed by atoms with Crippen molar-refractivity contribution in [2.45, 2.75) is 76.3 Å². The molecule has 36 heavy (non-hydrogen) atoms. The molecule has 6 rings (SSSR count). The van der Waals surface area contributed by atoms with Gasteiger partial charge in [0.05, 0.1) is 16.6 Å². The summed E-state index contributed by atoms with van der Waals surface area (Å²) < 4.78 is 2.26. The molecular weight excluding hydrogens is 468 g/mol. The predicted molar refractivity (Wildman–Crippen MR) is 148 cm³/mol. The van der Waals surface area contributed by atoms with Crippen LogP contribution in [0.5, 0.6) is 0 Å². The molecule has 1 atom stereocenters. The summed E-state index contributed by atoms with van der Waals surface area (Å²) in [4.78, 5) is 23.7. The molecule has 1 N–H and O–H groups in total. The zero-order valence-electron chi connectivity index (χ0n) is 20.7. The number of amides is 1. The maximum Gasteiger partial charge on any atom is 0.243 e. The van der Waals surface area contributed by atoms with Crippen molar-refractivity contribution < 1.29 is 4.79 Å². The summed E-state index contributed by atoms with van der Waals surface area (Å²) >= 11 is 0. The van der Waals surface area contributed by atoms with Crippen molar-refractivity contribution in [1.29, 1.82) is 0 Å². The van der Waals surface area contributed by atoms with Gasteiger partial charge in [0, 0.05) is 23.2 Å². The standard InChI is InChI=1S/C30H34N4O.ClH/c35-30(32-24-13-5-2-6-14-24)28(21-10-3-1-4-11-21)34-27-16-8-7-15-26(27)33-29(34)23-17-18-25-22(20-23)12-9-19-31-25;/h7-9,12,15-21,24,28H,1-6,10-11,13-14H2,(H,32,35);1H. The zero-order chi connectivity index (χ0) is 23.6. The first-order chi connectivity index (χ1) is 17.3. The smallest absolute Gasteiger partial charge is 0.243 e. The molecule has 1 unspecified atom stereocenters. The van der Waals surface area contributed by atoms with E-state index in [0.29, 0.717) is 12.0 Å². The van der Waals surface area contributed by atoms with E-state index in [-0.39, 0.29) is 24.4 Å². The monoisotopic (exact) mass is 502 g/mol. The van der Waals surface area contributed by atoms with Crippen LogP contribution >= 0.6 is 12.4 Å². The second-order valence-electron chi connectivity index (χ2n) is 10.4. The Morgan fingerprint density at radius 1 is 0.861 bits per heavy atom. The number of nitrogens with zero attached hydrogens (tertiary/aromatic N) is 3. The van der Waals surface area contributed by atoms with E-state index in [9.17, 15) is 4.79 Å². The molecule has 4 aromatic rings. The summed E-state index contributed by atoms with van der Waals surface area (Å²) in [6.45, 7) is 0. The molecule has 0 radical (unpaired) electrons. The predicted octanol–water partition coefficient (Wildman–Crippen LogP) is 7.24. The number of carbonyl (C=O) groups excluding carboxylic acids is 1. The summed E-state index contributed by atoms with van der Waals surface area (Å²) in [6, 6.07) is 18.7. The molecule has 0 aliphatic heterocycles. The Balaban J connectivity index is 0.00000267. The molecule has 2 heterocycles. The number of fused-ring (bicyclic) bond motifs is 2. The molecule has 2 aromatic carbocycles. The largest absolute Gasteiger partial charge is 0.352 e. The van der Waals surface area contributed by atoms with E-state index < -0.39 is 0 Å². The minimum atomic E-state index is -0.246. The van der Waals surface area contributed by atoms with Crippen molar-refractivity contribution >= 4 is 40.3 Å². The number of halogens is 1. The fourth-order valence-corrected chi connectivity index (χ4v) is 6.27. The first-order valence-electron chi connectivity index (χ1n) is 13.4. The summed E-state index contributed by atoms with van der Waals surface area (Å²) in [5, 5.41) is 4.57. The second kappa shape index (κ2) is 11.0. The van der Waals surface area contributed by atoms with E-state index in [0.717, 1.165) is 59.0 Å². The lowest BCUT2D eigenvalue weighted by molar-refractivity contribution is -0.127. The molecule has 0 saturated heterocycles. The first-order valence-corrected chi connectivity index (χ1v) is 13.4. The third-order valence-corrected chi connectivity index (χ3v) is 8.05. The van der Waals surface area contributed by atoms with Gasteiger partial charge in [0.1, 0.15) is 11.9 Å². The Hall–Kier alpha value is -2.92. The van der Waals surface area contributed by atoms with Gasteiger partial charge in [0.15, 0.2) is 0 Å². The molecule has 188 valence electrons. The average molecular weight is 503 g/mol. The molecule has 2 aliphatic rings. The van der Waals surface area contributed by atoms with Crippen molar-refractivity contribution in [2.75, 3.05) is 0 Å². The van der Waals surface area contributed by atoms with Gasteiger partial charge in [0.25, 0.3) is 0 Å². The van der Waals surface area contributed by atoms with Crippen molar-refractivity contribution in [1.82, 2.24) is 19.9 Å². The average Bonchev–Trinajstić information content (AvgIpc) is 3.29. The van der Waals surface area contributed by atoms with Crippen LogP contribution in [0.15, 0.2) is 60.8 Å². The van der Waals surface area contributed by atoms with Crippen molar-refractivity contribution in [3.05, 3.63) is 60.8 Å². The van der Waals surface area contributed by atoms with E-state index in [1.165, 1.54) is 38.5 Å². The molecule has 0 bridgehead atoms. The number of nitrogens with one attached hydrogen (secondary N) is 1. The minimum Gasteiger partial charge on any atom is -0.352 e. The van der Waals surface area contributed by atoms with Crippen LogP contribution in [0.4, 0.5) is 0 Å². The van der Waals surface area contributed by atoms with Gasteiger partial charge in [0.2, 0.25) is 5.91 Å². The molecule has 5 nitrogen and oxygen atoms in total. The van der Waals surface area contributed by atoms with Crippen LogP contribution in [0.3, 0.4) is 0 Å². The quantitative estimate of drug-likeness (QED) is 0.313. The summed E-state index contributed by atoms with van der Waals surface area (Å²) in [6.07, 6.45) is 13.6. The van der Waals surface area contributed by atoms with Crippen molar-refractivity contribution in [2.24, 2.45) is 5.92 Å². The normalized spacial score (nSPS) is 18.1. The number of imidazole rings is 1. The van der Waals surface area contributed by atoms with Gasteiger partial charge in [-0.05, 0) is 68.0 Å². The highest BCUT2D eigenvalue weighted by Gasteiger charge is 2.35. The number of hydrogen-bond donors (Lipinski definition) is 1. The molecule has 0 spiro atoms. The lowest BCUT2D eigenvalue weighted by atomic mass is 9.82. The summed E-state index contributed by atoms with van der Waals surface area (Å²) in [5.74, 6) is 1.38. The van der Waals surface area contributed by atoms with Gasteiger partial charge >= 0.3 is 0 Å². The Morgan fingerprint density at radius 3 is 2.42 bits per heavy atom. The molecular formula is C30H35ClN4O. The minimum absolute atomic E-state index is 0. The summed E-state index contributed by atoms with van der Waals surface area (Å²) in [5.41, 5.74) is 3.99. The van der Waals surface area contributed by atoms with Crippen molar-refractivity contribution in [3.63, 3.8) is 0 Å². The topological polar surface area (TPSA) is 59.8 Å². The molecule has 2 fully saturated rings. The van der Waals surface area contributed by atoms with Gasteiger partial charge in [-0.2, -0.15) is 0 Å². The van der Waals surface area contributed by atoms with E-state index in [4.69, 9.17) is 4.98 Å². The van der Waals surface area contributed by atoms with Gasteiger partial charge in [-0.25, -0.2) is 4.98 Å². The molecule has 2 aliphatic carbocycles. The molecule has 1 amide bonds. The van der Waals surface area contributed by atoms with Crippen LogP contribution in [-0.2, 0) is 4.79 Å². The van der Waals surface area contributed by atoms with Crippen LogP contribution in [0.2, 0.25) is 0 Å². The fourth-order valence-electron chi connectivity index (χ4n) is 6.27. The first kappa shape index (κ1) is 24.8. The maximum atomic E-state index is 14.1. The van der Waals surface area contributed by atoms with Crippen LogP contribution < -0.4 is 5.32 Å². The number of pyridine rings is 1. The van der Waals surface area contributed by atoms with Gasteiger partial charge in [-0.15, -0.1) is 12.4 Å². The van der Waals surface area contributed by atoms with Crippen LogP contribution in [0.25, 0.3) is 33.3 Å². The van der Waals surface area contributed by atoms with Crippen LogP contribution in [-0.4, -0.2) is 26.5 Å². The highest BCUT2D eigenvalue weighted by Crippen LogP contribution is 2.39. The Labute approximate surface area is 219 Å². The Morgan fingerprint density at radius 2 is 1.61 bits per heavy atom. The fraction of sp³-hybridized carbons (Fsp3) is 0.433. The Bertz CT molecular complexity index is 1340. The number of para-hydroxylation sites is 2. The highest BCUT2D eigenvalue weighted by molar-refractivity contribution is 5.89. The van der Waals surface area contributed by atoms with Gasteiger partial charge in [-0.3, -0.25) is 9.78 Å². The number of rotatable bonds is 5. The van der Waals surface area contributed by atoms with Crippen molar-refractivity contribution in [3.8, 4) is 11.4 Å². The van der Waals surface area contributed by atoms with E-state index in [2.05, 4.69) is 57.3 Å². The SMILES string of the molecule is Cl.O=C(NC1CCCCC1)C(C1CCCCC1)n1c(-c2ccc3ncccc3c2)nc2ccccc21.